The van der Waals surface area contributed by atoms with Crippen LogP contribution in [0, 0.1) is 4.91 Å². The summed E-state index contributed by atoms with van der Waals surface area (Å²) in [4.78, 5) is 35.9. The number of carboxylic acids is 1. The average Bonchev–Trinajstić information content (AvgIpc) is 2.39. The van der Waals surface area contributed by atoms with Gasteiger partial charge in [0.2, 0.25) is 5.91 Å². The lowest BCUT2D eigenvalue weighted by Crippen LogP contribution is -2.60. The molecule has 0 saturated carbocycles. The topological polar surface area (TPSA) is 99.1 Å². The molecule has 1 heterocycles. The van der Waals surface area contributed by atoms with Crippen LogP contribution in [0.5, 0.6) is 0 Å². The maximum absolute atomic E-state index is 11.4. The summed E-state index contributed by atoms with van der Waals surface area (Å²) in [6.45, 7) is 2.12. The second-order valence-corrected chi connectivity index (χ2v) is 5.40. The van der Waals surface area contributed by atoms with Crippen molar-refractivity contribution >= 4 is 24.5 Å². The van der Waals surface area contributed by atoms with Crippen molar-refractivity contribution in [1.82, 2.24) is 10.2 Å². The first-order chi connectivity index (χ1) is 8.86. The van der Waals surface area contributed by atoms with Crippen LogP contribution in [0.1, 0.15) is 26.2 Å². The Hall–Kier alpha value is -1.15. The van der Waals surface area contributed by atoms with Crippen LogP contribution in [0.25, 0.3) is 0 Å². The Balaban J connectivity index is 2.99. The number of aliphatic carboxylic acids is 1. The number of carbonyl (C=O) groups is 2. The number of amides is 1. The zero-order valence-electron chi connectivity index (χ0n) is 11.0. The van der Waals surface area contributed by atoms with Gasteiger partial charge in [-0.05, 0) is 13.5 Å². The van der Waals surface area contributed by atoms with E-state index in [1.54, 1.807) is 6.92 Å². The van der Waals surface area contributed by atoms with Crippen LogP contribution in [0.15, 0.2) is 5.18 Å². The maximum atomic E-state index is 11.4. The molecule has 0 radical (unpaired) electrons. The molecular weight excluding hydrogens is 270 g/mol. The first kappa shape index (κ1) is 15.9. The molecule has 108 valence electrons. The molecule has 8 heteroatoms. The Morgan fingerprint density at radius 3 is 2.68 bits per heavy atom. The lowest BCUT2D eigenvalue weighted by atomic mass is 9.81. The minimum Gasteiger partial charge on any atom is -0.480 e. The Morgan fingerprint density at radius 2 is 2.26 bits per heavy atom. The molecule has 1 fully saturated rings. The molecule has 1 saturated heterocycles. The maximum Gasteiger partial charge on any atom is 0.328 e. The van der Waals surface area contributed by atoms with E-state index in [1.807, 2.05) is 11.9 Å². The van der Waals surface area contributed by atoms with Gasteiger partial charge in [0.05, 0.1) is 5.37 Å². The molecule has 1 aliphatic rings. The van der Waals surface area contributed by atoms with Gasteiger partial charge in [0.15, 0.2) is 6.04 Å². The summed E-state index contributed by atoms with van der Waals surface area (Å²) in [6.07, 6.45) is 0.630. The lowest BCUT2D eigenvalue weighted by Gasteiger charge is -2.42. The van der Waals surface area contributed by atoms with Crippen LogP contribution < -0.4 is 5.32 Å². The molecule has 0 aliphatic carbocycles. The van der Waals surface area contributed by atoms with E-state index >= 15 is 0 Å². The third-order valence-electron chi connectivity index (χ3n) is 3.53. The van der Waals surface area contributed by atoms with Gasteiger partial charge in [-0.3, -0.25) is 9.69 Å². The van der Waals surface area contributed by atoms with E-state index in [9.17, 15) is 19.6 Å². The van der Waals surface area contributed by atoms with Crippen molar-refractivity contribution in [2.24, 2.45) is 5.18 Å². The van der Waals surface area contributed by atoms with Gasteiger partial charge >= 0.3 is 5.97 Å². The van der Waals surface area contributed by atoms with Gasteiger partial charge in [0.1, 0.15) is 5.54 Å². The van der Waals surface area contributed by atoms with E-state index in [-0.39, 0.29) is 24.6 Å². The van der Waals surface area contributed by atoms with Gasteiger partial charge in [0.25, 0.3) is 0 Å². The fourth-order valence-electron chi connectivity index (χ4n) is 2.18. The van der Waals surface area contributed by atoms with Gasteiger partial charge in [-0.15, -0.1) is 0 Å². The fourth-order valence-corrected chi connectivity index (χ4v) is 2.61. The van der Waals surface area contributed by atoms with Crippen molar-refractivity contribution in [2.75, 3.05) is 13.6 Å². The van der Waals surface area contributed by atoms with Crippen LogP contribution in [0.4, 0.5) is 0 Å². The molecule has 3 unspecified atom stereocenters. The molecule has 7 nitrogen and oxygen atoms in total. The molecule has 19 heavy (non-hydrogen) atoms. The Kier molecular flexibility index (Phi) is 5.30. The highest BCUT2D eigenvalue weighted by Crippen LogP contribution is 2.34. The second-order valence-electron chi connectivity index (χ2n) is 4.80. The summed E-state index contributed by atoms with van der Waals surface area (Å²) in [6, 6.07) is -1.30. The average molecular weight is 289 g/mol. The SMILES string of the molecule is CCC(=O)NC(C(=O)O)C1(N=O)CCN(C)C(S)C1. The van der Waals surface area contributed by atoms with E-state index in [0.717, 1.165) is 0 Å². The van der Waals surface area contributed by atoms with Gasteiger partial charge in [-0.2, -0.15) is 17.5 Å². The van der Waals surface area contributed by atoms with E-state index in [1.165, 1.54) is 0 Å². The number of nitroso groups, excluding NO2 is 1. The molecule has 3 atom stereocenters. The molecule has 1 rings (SSSR count). The smallest absolute Gasteiger partial charge is 0.328 e. The molecule has 0 bridgehead atoms. The van der Waals surface area contributed by atoms with Crippen molar-refractivity contribution < 1.29 is 14.7 Å². The number of piperidine rings is 1. The number of thiol groups is 1. The van der Waals surface area contributed by atoms with E-state index in [0.29, 0.717) is 6.54 Å². The molecule has 1 amide bonds. The van der Waals surface area contributed by atoms with Crippen LogP contribution in [0.3, 0.4) is 0 Å². The monoisotopic (exact) mass is 289 g/mol. The number of carbonyl (C=O) groups excluding carboxylic acids is 1. The zero-order chi connectivity index (χ0) is 14.6. The molecule has 2 N–H and O–H groups in total. The third kappa shape index (κ3) is 3.44. The summed E-state index contributed by atoms with van der Waals surface area (Å²) in [5, 5.41) is 14.4. The largest absolute Gasteiger partial charge is 0.480 e. The van der Waals surface area contributed by atoms with Gasteiger partial charge in [0, 0.05) is 19.4 Å². The minimum atomic E-state index is -1.34. The number of carboxylic acid groups (broad SMARTS) is 1. The highest BCUT2D eigenvalue weighted by atomic mass is 32.1. The van der Waals surface area contributed by atoms with Gasteiger partial charge in [-0.25, -0.2) is 4.79 Å². The molecule has 0 aromatic heterocycles. The van der Waals surface area contributed by atoms with E-state index < -0.39 is 23.5 Å². The second kappa shape index (κ2) is 6.33. The number of rotatable bonds is 5. The third-order valence-corrected chi connectivity index (χ3v) is 4.11. The van der Waals surface area contributed by atoms with Crippen molar-refractivity contribution in [1.29, 1.82) is 0 Å². The molecule has 0 aromatic rings. The molecular formula is C11H19N3O4S. The zero-order valence-corrected chi connectivity index (χ0v) is 11.9. The molecule has 0 aromatic carbocycles. The van der Waals surface area contributed by atoms with Crippen LogP contribution in [0.2, 0.25) is 0 Å². The highest BCUT2D eigenvalue weighted by Gasteiger charge is 2.49. The summed E-state index contributed by atoms with van der Waals surface area (Å²) in [5.74, 6) is -1.66. The molecule has 1 aliphatic heterocycles. The lowest BCUT2D eigenvalue weighted by molar-refractivity contribution is -0.144. The normalized spacial score (nSPS) is 29.5. The number of likely N-dealkylation sites (tertiary alicyclic amines) is 1. The number of hydrogen-bond donors (Lipinski definition) is 3. The molecule has 0 spiro atoms. The Labute approximate surface area is 117 Å². The Morgan fingerprint density at radius 1 is 1.63 bits per heavy atom. The predicted molar refractivity (Wildman–Crippen MR) is 73.0 cm³/mol. The van der Waals surface area contributed by atoms with Crippen LogP contribution >= 0.6 is 12.6 Å². The summed E-state index contributed by atoms with van der Waals surface area (Å²) >= 11 is 4.32. The van der Waals surface area contributed by atoms with Gasteiger partial charge < -0.3 is 10.4 Å². The van der Waals surface area contributed by atoms with Crippen molar-refractivity contribution in [3.63, 3.8) is 0 Å². The van der Waals surface area contributed by atoms with Crippen molar-refractivity contribution in [3.8, 4) is 0 Å². The number of nitrogens with one attached hydrogen (secondary N) is 1. The minimum absolute atomic E-state index is 0.156. The standard InChI is InChI=1S/C11H19N3O4S/c1-3-7(15)12-9(10(16)17)11(13-18)4-5-14(2)8(19)6-11/h8-9,19H,3-6H2,1-2H3,(H,12,15)(H,16,17). The summed E-state index contributed by atoms with van der Waals surface area (Å²) in [7, 11) is 1.84. The van der Waals surface area contributed by atoms with Crippen LogP contribution in [-0.4, -0.2) is 52.4 Å². The Bertz CT molecular complexity index is 379. The van der Waals surface area contributed by atoms with Crippen molar-refractivity contribution in [2.45, 2.75) is 43.1 Å². The summed E-state index contributed by atoms with van der Waals surface area (Å²) < 4.78 is 0. The quantitative estimate of drug-likeness (QED) is 0.504. The van der Waals surface area contributed by atoms with Crippen molar-refractivity contribution in [3.05, 3.63) is 4.91 Å². The van der Waals surface area contributed by atoms with E-state index in [4.69, 9.17) is 0 Å². The fraction of sp³-hybridized carbons (Fsp3) is 0.818. The summed E-state index contributed by atoms with van der Waals surface area (Å²) in [5.41, 5.74) is -1.34. The predicted octanol–water partition coefficient (Wildman–Crippen LogP) is 0.453. The highest BCUT2D eigenvalue weighted by molar-refractivity contribution is 7.80. The van der Waals surface area contributed by atoms with E-state index in [2.05, 4.69) is 23.1 Å². The number of nitrogens with zero attached hydrogens (tertiary/aromatic N) is 2. The van der Waals surface area contributed by atoms with Crippen LogP contribution in [-0.2, 0) is 9.59 Å². The first-order valence-corrected chi connectivity index (χ1v) is 6.63. The first-order valence-electron chi connectivity index (χ1n) is 6.11. The number of hydrogen-bond acceptors (Lipinski definition) is 6. The van der Waals surface area contributed by atoms with Gasteiger partial charge in [-0.1, -0.05) is 12.1 Å².